The molecule has 2 aromatic rings. The highest BCUT2D eigenvalue weighted by Crippen LogP contribution is 2.17. The van der Waals surface area contributed by atoms with Crippen molar-refractivity contribution < 1.29 is 32.2 Å². The van der Waals surface area contributed by atoms with Gasteiger partial charge in [0.05, 0.1) is 18.8 Å². The molecule has 0 aliphatic carbocycles. The maximum Gasteiger partial charge on any atom is 0.411 e. The second-order valence-electron chi connectivity index (χ2n) is 8.15. The third-order valence-corrected chi connectivity index (χ3v) is 5.11. The van der Waals surface area contributed by atoms with Crippen molar-refractivity contribution in [2.75, 3.05) is 19.7 Å². The van der Waals surface area contributed by atoms with Crippen LogP contribution in [-0.4, -0.2) is 54.8 Å². The zero-order chi connectivity index (χ0) is 24.0. The standard InChI is InChI=1S/C24H27F3N2O4/c1-16-12-29(13-17(2)33-16)23(31)21-9-3-18(4-10-21)11-28-22(30)20-7-5-19(6-8-20)14-32-15-24(25,26)27/h3-10,16-17H,11-15H2,1-2H3,(H,28,30). The van der Waals surface area contributed by atoms with Crippen molar-refractivity contribution in [2.24, 2.45) is 0 Å². The predicted molar refractivity (Wildman–Crippen MR) is 116 cm³/mol. The first-order valence-corrected chi connectivity index (χ1v) is 10.7. The van der Waals surface area contributed by atoms with Gasteiger partial charge >= 0.3 is 6.18 Å². The summed E-state index contributed by atoms with van der Waals surface area (Å²) in [4.78, 5) is 26.9. The maximum absolute atomic E-state index is 12.7. The van der Waals surface area contributed by atoms with Crippen molar-refractivity contribution in [1.29, 1.82) is 0 Å². The van der Waals surface area contributed by atoms with Gasteiger partial charge in [-0.3, -0.25) is 9.59 Å². The molecule has 0 aromatic heterocycles. The minimum absolute atomic E-state index is 0.00586. The molecule has 33 heavy (non-hydrogen) atoms. The van der Waals surface area contributed by atoms with Gasteiger partial charge in [-0.2, -0.15) is 13.2 Å². The molecule has 2 unspecified atom stereocenters. The topological polar surface area (TPSA) is 67.9 Å². The van der Waals surface area contributed by atoms with Gasteiger partial charge in [0.25, 0.3) is 11.8 Å². The van der Waals surface area contributed by atoms with Crippen LogP contribution in [0.2, 0.25) is 0 Å². The minimum atomic E-state index is -4.37. The van der Waals surface area contributed by atoms with E-state index in [-0.39, 0.29) is 37.2 Å². The average molecular weight is 464 g/mol. The van der Waals surface area contributed by atoms with Crippen LogP contribution in [0.15, 0.2) is 48.5 Å². The van der Waals surface area contributed by atoms with E-state index >= 15 is 0 Å². The fourth-order valence-corrected chi connectivity index (χ4v) is 3.61. The first-order valence-electron chi connectivity index (χ1n) is 10.7. The molecule has 2 amide bonds. The Labute approximate surface area is 190 Å². The Kier molecular flexibility index (Phi) is 8.10. The van der Waals surface area contributed by atoms with Crippen LogP contribution >= 0.6 is 0 Å². The number of ether oxygens (including phenoxy) is 2. The van der Waals surface area contributed by atoms with Crippen LogP contribution in [0.25, 0.3) is 0 Å². The third kappa shape index (κ3) is 7.57. The van der Waals surface area contributed by atoms with E-state index < -0.39 is 12.8 Å². The number of amides is 2. The zero-order valence-electron chi connectivity index (χ0n) is 18.5. The molecular formula is C24H27F3N2O4. The number of alkyl halides is 3. The highest BCUT2D eigenvalue weighted by atomic mass is 19.4. The lowest BCUT2D eigenvalue weighted by molar-refractivity contribution is -0.176. The van der Waals surface area contributed by atoms with Crippen molar-refractivity contribution in [3.05, 3.63) is 70.8 Å². The number of nitrogens with one attached hydrogen (secondary N) is 1. The van der Waals surface area contributed by atoms with E-state index in [9.17, 15) is 22.8 Å². The van der Waals surface area contributed by atoms with Crippen molar-refractivity contribution in [1.82, 2.24) is 10.2 Å². The molecule has 0 spiro atoms. The normalized spacial score (nSPS) is 18.8. The molecule has 1 aliphatic rings. The molecule has 1 aliphatic heterocycles. The largest absolute Gasteiger partial charge is 0.411 e. The summed E-state index contributed by atoms with van der Waals surface area (Å²) in [5, 5.41) is 2.79. The summed E-state index contributed by atoms with van der Waals surface area (Å²) in [5.41, 5.74) is 2.34. The Balaban J connectivity index is 1.48. The van der Waals surface area contributed by atoms with E-state index in [1.54, 1.807) is 41.3 Å². The van der Waals surface area contributed by atoms with E-state index in [1.165, 1.54) is 12.1 Å². The van der Waals surface area contributed by atoms with Crippen LogP contribution in [0.5, 0.6) is 0 Å². The number of morpholine rings is 1. The lowest BCUT2D eigenvalue weighted by Gasteiger charge is -2.35. The molecule has 3 rings (SSSR count). The molecule has 1 N–H and O–H groups in total. The van der Waals surface area contributed by atoms with E-state index in [4.69, 9.17) is 4.74 Å². The SMILES string of the molecule is CC1CN(C(=O)c2ccc(CNC(=O)c3ccc(COCC(F)(F)F)cc3)cc2)CC(C)O1. The van der Waals surface area contributed by atoms with Gasteiger partial charge in [0, 0.05) is 30.8 Å². The second kappa shape index (κ2) is 10.8. The van der Waals surface area contributed by atoms with Crippen molar-refractivity contribution >= 4 is 11.8 Å². The molecule has 1 heterocycles. The maximum atomic E-state index is 12.7. The molecule has 2 aromatic carbocycles. The van der Waals surface area contributed by atoms with Crippen LogP contribution in [0.1, 0.15) is 45.7 Å². The number of carbonyl (C=O) groups is 2. The van der Waals surface area contributed by atoms with Crippen LogP contribution in [-0.2, 0) is 22.6 Å². The van der Waals surface area contributed by atoms with E-state index in [2.05, 4.69) is 10.1 Å². The summed E-state index contributed by atoms with van der Waals surface area (Å²) in [6.07, 6.45) is -4.38. The van der Waals surface area contributed by atoms with Gasteiger partial charge in [-0.15, -0.1) is 0 Å². The summed E-state index contributed by atoms with van der Waals surface area (Å²) < 4.78 is 46.7. The van der Waals surface area contributed by atoms with Crippen LogP contribution < -0.4 is 5.32 Å². The molecule has 0 bridgehead atoms. The summed E-state index contributed by atoms with van der Waals surface area (Å²) in [6.45, 7) is 3.75. The Bertz CT molecular complexity index is 936. The lowest BCUT2D eigenvalue weighted by Crippen LogP contribution is -2.48. The van der Waals surface area contributed by atoms with E-state index in [1.807, 2.05) is 13.8 Å². The zero-order valence-corrected chi connectivity index (χ0v) is 18.5. The van der Waals surface area contributed by atoms with Crippen molar-refractivity contribution in [3.63, 3.8) is 0 Å². The van der Waals surface area contributed by atoms with Gasteiger partial charge in [-0.1, -0.05) is 24.3 Å². The summed E-state index contributed by atoms with van der Waals surface area (Å²) in [5.74, 6) is -0.360. The Morgan fingerprint density at radius 1 is 0.970 bits per heavy atom. The highest BCUT2D eigenvalue weighted by molar-refractivity contribution is 5.95. The van der Waals surface area contributed by atoms with Crippen molar-refractivity contribution in [3.8, 4) is 0 Å². The Morgan fingerprint density at radius 3 is 2.09 bits per heavy atom. The van der Waals surface area contributed by atoms with Crippen molar-refractivity contribution in [2.45, 2.75) is 45.4 Å². The number of benzene rings is 2. The highest BCUT2D eigenvalue weighted by Gasteiger charge is 2.27. The monoisotopic (exact) mass is 464 g/mol. The quantitative estimate of drug-likeness (QED) is 0.674. The Morgan fingerprint density at radius 2 is 1.52 bits per heavy atom. The summed E-state index contributed by atoms with van der Waals surface area (Å²) in [6, 6.07) is 13.2. The first kappa shape index (κ1) is 24.7. The van der Waals surface area contributed by atoms with E-state index in [0.717, 1.165) is 5.56 Å². The number of rotatable bonds is 7. The molecule has 2 atom stereocenters. The molecular weight excluding hydrogens is 437 g/mol. The molecule has 1 fully saturated rings. The third-order valence-electron chi connectivity index (χ3n) is 5.11. The van der Waals surface area contributed by atoms with Gasteiger partial charge in [0.15, 0.2) is 0 Å². The molecule has 1 saturated heterocycles. The molecule has 9 heteroatoms. The smallest absolute Gasteiger partial charge is 0.372 e. The Hall–Kier alpha value is -2.91. The van der Waals surface area contributed by atoms with Gasteiger partial charge < -0.3 is 19.7 Å². The predicted octanol–water partition coefficient (Wildman–Crippen LogP) is 3.94. The second-order valence-corrected chi connectivity index (χ2v) is 8.15. The molecule has 0 saturated carbocycles. The first-order chi connectivity index (χ1) is 15.6. The van der Waals surface area contributed by atoms with Gasteiger partial charge in [0.2, 0.25) is 0 Å². The molecule has 178 valence electrons. The molecule has 0 radical (unpaired) electrons. The number of carbonyl (C=O) groups excluding carboxylic acids is 2. The average Bonchev–Trinajstić information content (AvgIpc) is 2.76. The minimum Gasteiger partial charge on any atom is -0.372 e. The number of hydrogen-bond acceptors (Lipinski definition) is 4. The number of nitrogens with zero attached hydrogens (tertiary/aromatic N) is 1. The van der Waals surface area contributed by atoms with Crippen LogP contribution in [0.3, 0.4) is 0 Å². The summed E-state index contributed by atoms with van der Waals surface area (Å²) >= 11 is 0. The van der Waals surface area contributed by atoms with Gasteiger partial charge in [0.1, 0.15) is 6.61 Å². The van der Waals surface area contributed by atoms with Crippen LogP contribution in [0.4, 0.5) is 13.2 Å². The van der Waals surface area contributed by atoms with E-state index in [0.29, 0.717) is 29.8 Å². The number of halogens is 3. The molecule has 6 nitrogen and oxygen atoms in total. The van der Waals surface area contributed by atoms with Gasteiger partial charge in [-0.05, 0) is 49.2 Å². The fraction of sp³-hybridized carbons (Fsp3) is 0.417. The summed E-state index contributed by atoms with van der Waals surface area (Å²) in [7, 11) is 0. The lowest BCUT2D eigenvalue weighted by atomic mass is 10.1. The van der Waals surface area contributed by atoms with Crippen LogP contribution in [0, 0.1) is 0 Å². The van der Waals surface area contributed by atoms with Gasteiger partial charge in [-0.25, -0.2) is 0 Å². The fourth-order valence-electron chi connectivity index (χ4n) is 3.61. The number of hydrogen-bond donors (Lipinski definition) is 1.